The summed E-state index contributed by atoms with van der Waals surface area (Å²) in [5.41, 5.74) is 14.0. The number of aryl methyl sites for hydroxylation is 1. The maximum absolute atomic E-state index is 4.59. The maximum Gasteiger partial charge on any atom is 0.116 e. The number of rotatable bonds is 4. The van der Waals surface area contributed by atoms with Gasteiger partial charge in [0.2, 0.25) is 0 Å². The van der Waals surface area contributed by atoms with Gasteiger partial charge >= 0.3 is 0 Å². The highest BCUT2D eigenvalue weighted by Crippen LogP contribution is 2.59. The molecule has 0 spiro atoms. The number of aromatic nitrogens is 3. The number of hydrogen-bond donors (Lipinski definition) is 0. The Bertz CT molecular complexity index is 2330. The quantitative estimate of drug-likeness (QED) is 0.209. The zero-order valence-electron chi connectivity index (χ0n) is 24.9. The molecule has 0 amide bonds. The van der Waals surface area contributed by atoms with Crippen LogP contribution < -0.4 is 0 Å². The Morgan fingerprint density at radius 2 is 1.29 bits per heavy atom. The smallest absolute Gasteiger partial charge is 0.116 e. The van der Waals surface area contributed by atoms with Crippen LogP contribution in [0.2, 0.25) is 0 Å². The summed E-state index contributed by atoms with van der Waals surface area (Å²) < 4.78 is 2.43. The zero-order valence-corrected chi connectivity index (χ0v) is 24.9. The summed E-state index contributed by atoms with van der Waals surface area (Å²) in [7, 11) is 0. The lowest BCUT2D eigenvalue weighted by atomic mass is 9.67. The highest BCUT2D eigenvalue weighted by Gasteiger charge is 2.47. The van der Waals surface area contributed by atoms with E-state index in [1.165, 1.54) is 60.8 Å². The molecule has 0 unspecified atom stereocenters. The van der Waals surface area contributed by atoms with E-state index in [1.807, 2.05) is 12.3 Å². The molecule has 0 fully saturated rings. The number of para-hydroxylation sites is 1. The zero-order chi connectivity index (χ0) is 30.0. The average molecular weight is 576 g/mol. The van der Waals surface area contributed by atoms with Crippen LogP contribution in [0.3, 0.4) is 0 Å². The monoisotopic (exact) mass is 575 g/mol. The van der Waals surface area contributed by atoms with Crippen LogP contribution in [-0.2, 0) is 5.41 Å². The molecule has 3 nitrogen and oxygen atoms in total. The van der Waals surface area contributed by atoms with Crippen LogP contribution in [0.5, 0.6) is 0 Å². The molecule has 2 heterocycles. The fraction of sp³-hybridized carbons (Fsp3) is 0.0476. The molecule has 0 bridgehead atoms. The topological polar surface area (TPSA) is 30.7 Å². The van der Waals surface area contributed by atoms with E-state index in [0.29, 0.717) is 0 Å². The van der Waals surface area contributed by atoms with Crippen molar-refractivity contribution in [2.45, 2.75) is 12.3 Å². The van der Waals surface area contributed by atoms with Crippen molar-refractivity contribution < 1.29 is 0 Å². The molecule has 212 valence electrons. The third-order valence-corrected chi connectivity index (χ3v) is 9.59. The summed E-state index contributed by atoms with van der Waals surface area (Å²) in [5, 5.41) is 2.54. The lowest BCUT2D eigenvalue weighted by Gasteiger charge is -2.34. The van der Waals surface area contributed by atoms with Gasteiger partial charge in [-0.05, 0) is 76.2 Å². The molecule has 2 aromatic heterocycles. The molecule has 0 N–H and O–H groups in total. The molecule has 8 aromatic rings. The molecule has 0 atom stereocenters. The van der Waals surface area contributed by atoms with E-state index in [2.05, 4.69) is 161 Å². The Labute approximate surface area is 262 Å². The molecule has 0 saturated carbocycles. The molecule has 6 aromatic carbocycles. The molecule has 1 aliphatic rings. The predicted octanol–water partition coefficient (Wildman–Crippen LogP) is 9.91. The lowest BCUT2D eigenvalue weighted by molar-refractivity contribution is 0.776. The third-order valence-electron chi connectivity index (χ3n) is 9.59. The van der Waals surface area contributed by atoms with Gasteiger partial charge < -0.3 is 4.57 Å². The summed E-state index contributed by atoms with van der Waals surface area (Å²) in [6.45, 7) is 2.14. The van der Waals surface area contributed by atoms with Crippen LogP contribution in [0.15, 0.2) is 158 Å². The third kappa shape index (κ3) is 3.58. The second kappa shape index (κ2) is 9.87. The number of hydrogen-bond acceptors (Lipinski definition) is 2. The van der Waals surface area contributed by atoms with E-state index in [4.69, 9.17) is 0 Å². The van der Waals surface area contributed by atoms with Crippen LogP contribution in [0.1, 0.15) is 27.8 Å². The van der Waals surface area contributed by atoms with Crippen LogP contribution in [0.25, 0.3) is 49.9 Å². The average Bonchev–Trinajstić information content (AvgIpc) is 3.61. The van der Waals surface area contributed by atoms with Crippen molar-refractivity contribution in [3.63, 3.8) is 0 Å². The van der Waals surface area contributed by atoms with Gasteiger partial charge in [-0.1, -0.05) is 115 Å². The van der Waals surface area contributed by atoms with Crippen LogP contribution in [-0.4, -0.2) is 14.5 Å². The van der Waals surface area contributed by atoms with Gasteiger partial charge in [0.05, 0.1) is 22.1 Å². The Morgan fingerprint density at radius 1 is 0.578 bits per heavy atom. The minimum atomic E-state index is -0.484. The van der Waals surface area contributed by atoms with E-state index in [0.717, 1.165) is 16.9 Å². The van der Waals surface area contributed by atoms with E-state index in [-0.39, 0.29) is 0 Å². The Balaban J connectivity index is 1.45. The maximum atomic E-state index is 4.59. The molecule has 1 aliphatic carbocycles. The summed E-state index contributed by atoms with van der Waals surface area (Å²) >= 11 is 0. The Morgan fingerprint density at radius 3 is 2.04 bits per heavy atom. The van der Waals surface area contributed by atoms with E-state index in [9.17, 15) is 0 Å². The highest BCUT2D eigenvalue weighted by molar-refractivity contribution is 6.15. The fourth-order valence-electron chi connectivity index (χ4n) is 7.75. The standard InChI is InChI=1S/C42H29N3/c1-28-20-21-31(26-35(28)37-24-25-43-27-44-37)45-38-19-11-9-17-34(38)40-39(45)23-22-33-32-16-8-10-18-36(32)42(41(33)40,29-12-4-2-5-13-29)30-14-6-3-7-15-30/h2-27H,1H3. The summed E-state index contributed by atoms with van der Waals surface area (Å²) in [6, 6.07) is 53.3. The molecule has 0 aliphatic heterocycles. The van der Waals surface area contributed by atoms with Crippen molar-refractivity contribution in [2.75, 3.05) is 0 Å². The summed E-state index contributed by atoms with van der Waals surface area (Å²) in [5.74, 6) is 0. The largest absolute Gasteiger partial charge is 0.309 e. The lowest BCUT2D eigenvalue weighted by Crippen LogP contribution is -2.28. The van der Waals surface area contributed by atoms with Crippen molar-refractivity contribution >= 4 is 21.8 Å². The molecule has 0 radical (unpaired) electrons. The SMILES string of the molecule is Cc1ccc(-n2c3ccccc3c3c4c(ccc32)-c2ccccc2C4(c2ccccc2)c2ccccc2)cc1-c1ccncn1. The Kier molecular flexibility index (Phi) is 5.63. The van der Waals surface area contributed by atoms with Crippen molar-refractivity contribution in [1.82, 2.24) is 14.5 Å². The van der Waals surface area contributed by atoms with Crippen molar-refractivity contribution in [3.05, 3.63) is 186 Å². The number of benzene rings is 6. The van der Waals surface area contributed by atoms with Gasteiger partial charge in [-0.2, -0.15) is 0 Å². The van der Waals surface area contributed by atoms with E-state index >= 15 is 0 Å². The van der Waals surface area contributed by atoms with Crippen LogP contribution in [0.4, 0.5) is 0 Å². The molecular formula is C42H29N3. The summed E-state index contributed by atoms with van der Waals surface area (Å²) in [6.07, 6.45) is 3.43. The minimum Gasteiger partial charge on any atom is -0.309 e. The molecule has 9 rings (SSSR count). The number of fused-ring (bicyclic) bond motifs is 7. The second-order valence-corrected chi connectivity index (χ2v) is 11.9. The van der Waals surface area contributed by atoms with Gasteiger partial charge in [-0.25, -0.2) is 9.97 Å². The van der Waals surface area contributed by atoms with Gasteiger partial charge in [-0.3, -0.25) is 0 Å². The summed E-state index contributed by atoms with van der Waals surface area (Å²) in [4.78, 5) is 8.75. The van der Waals surface area contributed by atoms with Gasteiger partial charge in [-0.15, -0.1) is 0 Å². The van der Waals surface area contributed by atoms with Crippen molar-refractivity contribution in [1.29, 1.82) is 0 Å². The molecule has 3 heteroatoms. The first-order valence-electron chi connectivity index (χ1n) is 15.4. The molecule has 45 heavy (non-hydrogen) atoms. The van der Waals surface area contributed by atoms with Crippen LogP contribution in [0, 0.1) is 6.92 Å². The van der Waals surface area contributed by atoms with E-state index < -0.39 is 5.41 Å². The van der Waals surface area contributed by atoms with Gasteiger partial charge in [0.1, 0.15) is 6.33 Å². The highest BCUT2D eigenvalue weighted by atomic mass is 15.0. The normalized spacial score (nSPS) is 13.2. The first-order valence-corrected chi connectivity index (χ1v) is 15.4. The minimum absolute atomic E-state index is 0.484. The molecule has 0 saturated heterocycles. The first-order chi connectivity index (χ1) is 22.3. The molecular weight excluding hydrogens is 546 g/mol. The predicted molar refractivity (Wildman–Crippen MR) is 184 cm³/mol. The van der Waals surface area contributed by atoms with Crippen molar-refractivity contribution in [3.8, 4) is 28.1 Å². The fourth-order valence-corrected chi connectivity index (χ4v) is 7.75. The van der Waals surface area contributed by atoms with Gasteiger partial charge in [0.25, 0.3) is 0 Å². The Hall–Kier alpha value is -5.80. The van der Waals surface area contributed by atoms with Crippen LogP contribution >= 0.6 is 0 Å². The second-order valence-electron chi connectivity index (χ2n) is 11.9. The van der Waals surface area contributed by atoms with E-state index in [1.54, 1.807) is 6.33 Å². The van der Waals surface area contributed by atoms with Gasteiger partial charge in [0.15, 0.2) is 0 Å². The van der Waals surface area contributed by atoms with Gasteiger partial charge in [0, 0.05) is 28.2 Å². The van der Waals surface area contributed by atoms with Crippen molar-refractivity contribution in [2.24, 2.45) is 0 Å². The number of nitrogens with zero attached hydrogens (tertiary/aromatic N) is 3. The first kappa shape index (κ1) is 25.7.